The van der Waals surface area contributed by atoms with E-state index in [9.17, 15) is 10.2 Å². The van der Waals surface area contributed by atoms with Gasteiger partial charge in [0.2, 0.25) is 0 Å². The van der Waals surface area contributed by atoms with E-state index in [1.165, 1.54) is 0 Å². The van der Waals surface area contributed by atoms with Crippen molar-refractivity contribution in [3.63, 3.8) is 0 Å². The van der Waals surface area contributed by atoms with Gasteiger partial charge in [0, 0.05) is 21.6 Å². The zero-order valence-corrected chi connectivity index (χ0v) is 13.1. The van der Waals surface area contributed by atoms with Gasteiger partial charge in [-0.05, 0) is 17.4 Å². The normalized spacial score (nSPS) is 13.4. The molecule has 0 aliphatic carbocycles. The lowest BCUT2D eigenvalue weighted by Crippen LogP contribution is -2.17. The molecule has 0 saturated carbocycles. The van der Waals surface area contributed by atoms with Crippen LogP contribution >= 0.6 is 15.9 Å². The van der Waals surface area contributed by atoms with Crippen LogP contribution in [0.15, 0.2) is 39.8 Å². The van der Waals surface area contributed by atoms with Crippen LogP contribution in [0, 0.1) is 5.92 Å². The molecule has 2 aromatic rings. The lowest BCUT2D eigenvalue weighted by molar-refractivity contribution is 0.240. The summed E-state index contributed by atoms with van der Waals surface area (Å²) in [6, 6.07) is 9.33. The number of rotatable bonds is 4. The van der Waals surface area contributed by atoms with E-state index in [2.05, 4.69) is 20.9 Å². The summed E-state index contributed by atoms with van der Waals surface area (Å²) in [6.45, 7) is 4.02. The Bertz CT molecular complexity index is 638. The van der Waals surface area contributed by atoms with Crippen LogP contribution in [0.5, 0.6) is 5.75 Å². The Kier molecular flexibility index (Phi) is 4.78. The number of halogens is 1. The van der Waals surface area contributed by atoms with Crippen LogP contribution in [0.2, 0.25) is 0 Å². The Labute approximate surface area is 127 Å². The predicted octanol–water partition coefficient (Wildman–Crippen LogP) is 3.74. The second-order valence-corrected chi connectivity index (χ2v) is 5.97. The first-order valence-corrected chi connectivity index (χ1v) is 7.38. The zero-order chi connectivity index (χ0) is 14.7. The standard InChI is InChI=1S/C16H18BrNO2/c1-10(2)15(9-19)18-8-11-7-14(17)12-5-3-4-6-13(12)16(11)20/h3-8,10,15,19-20H,9H2,1-2H3/t15-/m1/s1. The van der Waals surface area contributed by atoms with Gasteiger partial charge in [-0.2, -0.15) is 0 Å². The first kappa shape index (κ1) is 15.0. The third-order valence-corrected chi connectivity index (χ3v) is 4.01. The summed E-state index contributed by atoms with van der Waals surface area (Å²) in [7, 11) is 0. The number of hydrogen-bond donors (Lipinski definition) is 2. The molecule has 0 spiro atoms. The molecule has 0 aliphatic rings. The summed E-state index contributed by atoms with van der Waals surface area (Å²) >= 11 is 3.51. The summed E-state index contributed by atoms with van der Waals surface area (Å²) in [5.74, 6) is 0.468. The summed E-state index contributed by atoms with van der Waals surface area (Å²) in [5.41, 5.74) is 0.648. The smallest absolute Gasteiger partial charge is 0.132 e. The molecule has 0 aliphatic heterocycles. The second kappa shape index (κ2) is 6.37. The Balaban J connectivity index is 2.45. The molecule has 4 heteroatoms. The van der Waals surface area contributed by atoms with E-state index < -0.39 is 0 Å². The Morgan fingerprint density at radius 1 is 1.25 bits per heavy atom. The van der Waals surface area contributed by atoms with E-state index in [4.69, 9.17) is 0 Å². The molecule has 0 saturated heterocycles. The predicted molar refractivity (Wildman–Crippen MR) is 86.6 cm³/mol. The lowest BCUT2D eigenvalue weighted by atomic mass is 10.0. The first-order chi connectivity index (χ1) is 9.54. The molecule has 106 valence electrons. The average molecular weight is 336 g/mol. The van der Waals surface area contributed by atoms with Crippen molar-refractivity contribution in [2.24, 2.45) is 10.9 Å². The average Bonchev–Trinajstić information content (AvgIpc) is 2.44. The van der Waals surface area contributed by atoms with Crippen LogP contribution in [0.25, 0.3) is 10.8 Å². The number of aliphatic hydroxyl groups is 1. The summed E-state index contributed by atoms with van der Waals surface area (Å²) < 4.78 is 0.914. The van der Waals surface area contributed by atoms with Gasteiger partial charge in [0.25, 0.3) is 0 Å². The van der Waals surface area contributed by atoms with Gasteiger partial charge in [-0.1, -0.05) is 54.0 Å². The number of nitrogens with zero attached hydrogens (tertiary/aromatic N) is 1. The Morgan fingerprint density at radius 3 is 2.50 bits per heavy atom. The summed E-state index contributed by atoms with van der Waals surface area (Å²) in [5, 5.41) is 21.4. The third kappa shape index (κ3) is 3.02. The Morgan fingerprint density at radius 2 is 1.90 bits per heavy atom. The van der Waals surface area contributed by atoms with E-state index in [1.807, 2.05) is 44.2 Å². The highest BCUT2D eigenvalue weighted by Crippen LogP contribution is 2.33. The fourth-order valence-corrected chi connectivity index (χ4v) is 2.63. The first-order valence-electron chi connectivity index (χ1n) is 6.58. The molecule has 0 heterocycles. The molecule has 20 heavy (non-hydrogen) atoms. The number of phenols is 1. The molecule has 2 rings (SSSR count). The number of fused-ring (bicyclic) bond motifs is 1. The molecule has 1 atom stereocenters. The molecular weight excluding hydrogens is 318 g/mol. The number of aromatic hydroxyl groups is 1. The maximum absolute atomic E-state index is 10.3. The number of aliphatic hydroxyl groups excluding tert-OH is 1. The SMILES string of the molecule is CC(C)[C@@H](CO)N=Cc1cc(Br)c2ccccc2c1O. The number of aliphatic imine (C=N–C) groups is 1. The molecule has 0 bridgehead atoms. The Hall–Kier alpha value is -1.39. The fraction of sp³-hybridized carbons (Fsp3) is 0.312. The van der Waals surface area contributed by atoms with Crippen molar-refractivity contribution >= 4 is 32.9 Å². The van der Waals surface area contributed by atoms with Crippen LogP contribution in [0.1, 0.15) is 19.4 Å². The minimum Gasteiger partial charge on any atom is -0.507 e. The van der Waals surface area contributed by atoms with Gasteiger partial charge in [0.1, 0.15) is 5.75 Å². The molecular formula is C16H18BrNO2. The van der Waals surface area contributed by atoms with Crippen LogP contribution in [-0.4, -0.2) is 29.1 Å². The van der Waals surface area contributed by atoms with Crippen molar-refractivity contribution in [2.45, 2.75) is 19.9 Å². The monoisotopic (exact) mass is 335 g/mol. The fourth-order valence-electron chi connectivity index (χ4n) is 2.04. The van der Waals surface area contributed by atoms with E-state index in [-0.39, 0.29) is 24.3 Å². The molecule has 3 nitrogen and oxygen atoms in total. The van der Waals surface area contributed by atoms with E-state index in [1.54, 1.807) is 6.21 Å². The summed E-state index contributed by atoms with van der Waals surface area (Å²) in [6.07, 6.45) is 1.63. The molecule has 0 unspecified atom stereocenters. The van der Waals surface area contributed by atoms with Gasteiger partial charge in [-0.25, -0.2) is 0 Å². The van der Waals surface area contributed by atoms with Gasteiger partial charge in [-0.3, -0.25) is 4.99 Å². The molecule has 0 aromatic heterocycles. The number of hydrogen-bond acceptors (Lipinski definition) is 3. The van der Waals surface area contributed by atoms with Crippen molar-refractivity contribution in [3.8, 4) is 5.75 Å². The van der Waals surface area contributed by atoms with Crippen molar-refractivity contribution in [2.75, 3.05) is 6.61 Å². The molecule has 2 N–H and O–H groups in total. The van der Waals surface area contributed by atoms with Gasteiger partial charge < -0.3 is 10.2 Å². The van der Waals surface area contributed by atoms with Crippen LogP contribution in [0.4, 0.5) is 0 Å². The van der Waals surface area contributed by atoms with Gasteiger partial charge >= 0.3 is 0 Å². The zero-order valence-electron chi connectivity index (χ0n) is 11.5. The molecule has 0 fully saturated rings. The number of benzene rings is 2. The summed E-state index contributed by atoms with van der Waals surface area (Å²) in [4.78, 5) is 4.36. The van der Waals surface area contributed by atoms with Crippen LogP contribution < -0.4 is 0 Å². The lowest BCUT2D eigenvalue weighted by Gasteiger charge is -2.13. The largest absolute Gasteiger partial charge is 0.507 e. The van der Waals surface area contributed by atoms with E-state index in [0.717, 1.165) is 15.2 Å². The molecule has 0 amide bonds. The van der Waals surface area contributed by atoms with Crippen LogP contribution in [-0.2, 0) is 0 Å². The van der Waals surface area contributed by atoms with E-state index >= 15 is 0 Å². The van der Waals surface area contributed by atoms with E-state index in [0.29, 0.717) is 5.56 Å². The maximum Gasteiger partial charge on any atom is 0.132 e. The molecule has 2 aromatic carbocycles. The van der Waals surface area contributed by atoms with Crippen LogP contribution in [0.3, 0.4) is 0 Å². The minimum absolute atomic E-state index is 0.00365. The second-order valence-electron chi connectivity index (χ2n) is 5.11. The highest BCUT2D eigenvalue weighted by Gasteiger charge is 2.11. The van der Waals surface area contributed by atoms with Gasteiger partial charge in [0.15, 0.2) is 0 Å². The highest BCUT2D eigenvalue weighted by atomic mass is 79.9. The molecule has 0 radical (unpaired) electrons. The third-order valence-electron chi connectivity index (χ3n) is 3.36. The topological polar surface area (TPSA) is 52.8 Å². The van der Waals surface area contributed by atoms with Crippen molar-refractivity contribution < 1.29 is 10.2 Å². The minimum atomic E-state index is -0.153. The van der Waals surface area contributed by atoms with Crippen molar-refractivity contribution in [3.05, 3.63) is 40.4 Å². The van der Waals surface area contributed by atoms with Gasteiger partial charge in [0.05, 0.1) is 12.6 Å². The maximum atomic E-state index is 10.3. The van der Waals surface area contributed by atoms with Crippen molar-refractivity contribution in [1.82, 2.24) is 0 Å². The van der Waals surface area contributed by atoms with Crippen molar-refractivity contribution in [1.29, 1.82) is 0 Å². The number of phenolic OH excluding ortho intramolecular Hbond substituents is 1. The quantitative estimate of drug-likeness (QED) is 0.836. The van der Waals surface area contributed by atoms with Gasteiger partial charge in [-0.15, -0.1) is 0 Å². The highest BCUT2D eigenvalue weighted by molar-refractivity contribution is 9.10.